The molecule has 1 saturated heterocycles. The first kappa shape index (κ1) is 17.7. The number of pyridine rings is 1. The molecule has 2 aromatic rings. The van der Waals surface area contributed by atoms with Crippen molar-refractivity contribution in [1.82, 2.24) is 10.3 Å². The SMILES string of the molecule is COc1ccc2nc(C3CC3)cc(C(=O)NC3(C(=O)O)CCOCC3)c2c1. The van der Waals surface area contributed by atoms with Crippen molar-refractivity contribution in [1.29, 1.82) is 0 Å². The molecule has 2 fully saturated rings. The molecule has 4 rings (SSSR count). The summed E-state index contributed by atoms with van der Waals surface area (Å²) in [6.45, 7) is 0.621. The van der Waals surface area contributed by atoms with Crippen LogP contribution in [-0.4, -0.2) is 47.8 Å². The van der Waals surface area contributed by atoms with E-state index in [1.54, 1.807) is 19.2 Å². The molecule has 1 aliphatic carbocycles. The molecular weight excluding hydrogens is 348 g/mol. The number of nitrogens with zero attached hydrogens (tertiary/aromatic N) is 1. The quantitative estimate of drug-likeness (QED) is 0.839. The Kier molecular flexibility index (Phi) is 4.47. The van der Waals surface area contributed by atoms with E-state index in [0.717, 1.165) is 18.5 Å². The van der Waals surface area contributed by atoms with Crippen LogP contribution < -0.4 is 10.1 Å². The van der Waals surface area contributed by atoms with Gasteiger partial charge in [-0.2, -0.15) is 0 Å². The third-order valence-electron chi connectivity index (χ3n) is 5.38. The van der Waals surface area contributed by atoms with Gasteiger partial charge in [-0.05, 0) is 37.1 Å². The van der Waals surface area contributed by atoms with E-state index in [4.69, 9.17) is 9.47 Å². The standard InChI is InChI=1S/C20H22N2O5/c1-26-13-4-5-16-14(10-13)15(11-17(21-16)12-2-3-12)18(23)22-20(19(24)25)6-8-27-9-7-20/h4-5,10-12H,2-3,6-9H2,1H3,(H,22,23)(H,24,25). The van der Waals surface area contributed by atoms with E-state index in [1.165, 1.54) is 0 Å². The summed E-state index contributed by atoms with van der Waals surface area (Å²) < 4.78 is 10.6. The van der Waals surface area contributed by atoms with Gasteiger partial charge in [0, 0.05) is 43.1 Å². The zero-order valence-corrected chi connectivity index (χ0v) is 15.2. The van der Waals surface area contributed by atoms with Crippen molar-refractivity contribution in [3.05, 3.63) is 35.5 Å². The predicted molar refractivity (Wildman–Crippen MR) is 98.2 cm³/mol. The Bertz CT molecular complexity index is 901. The lowest BCUT2D eigenvalue weighted by atomic mass is 9.89. The maximum absolute atomic E-state index is 13.1. The number of fused-ring (bicyclic) bond motifs is 1. The number of rotatable bonds is 5. The number of methoxy groups -OCH3 is 1. The summed E-state index contributed by atoms with van der Waals surface area (Å²) in [5.41, 5.74) is 0.729. The van der Waals surface area contributed by atoms with Crippen LogP contribution in [0.15, 0.2) is 24.3 Å². The Hall–Kier alpha value is -2.67. The summed E-state index contributed by atoms with van der Waals surface area (Å²) >= 11 is 0. The maximum Gasteiger partial charge on any atom is 0.329 e. The largest absolute Gasteiger partial charge is 0.497 e. The molecule has 2 aliphatic rings. The highest BCUT2D eigenvalue weighted by molar-refractivity contribution is 6.08. The van der Waals surface area contributed by atoms with Crippen LogP contribution in [0.4, 0.5) is 0 Å². The molecule has 7 nitrogen and oxygen atoms in total. The monoisotopic (exact) mass is 370 g/mol. The van der Waals surface area contributed by atoms with Crippen LogP contribution in [0, 0.1) is 0 Å². The third-order valence-corrected chi connectivity index (χ3v) is 5.38. The van der Waals surface area contributed by atoms with Gasteiger partial charge in [-0.25, -0.2) is 4.79 Å². The Morgan fingerprint density at radius 3 is 2.63 bits per heavy atom. The molecule has 1 aliphatic heterocycles. The smallest absolute Gasteiger partial charge is 0.329 e. The van der Waals surface area contributed by atoms with E-state index in [-0.39, 0.29) is 12.8 Å². The van der Waals surface area contributed by atoms with E-state index in [2.05, 4.69) is 10.3 Å². The van der Waals surface area contributed by atoms with Crippen molar-refractivity contribution in [2.75, 3.05) is 20.3 Å². The molecule has 2 N–H and O–H groups in total. The van der Waals surface area contributed by atoms with Gasteiger partial charge in [0.1, 0.15) is 11.3 Å². The highest BCUT2D eigenvalue weighted by atomic mass is 16.5. The molecule has 1 amide bonds. The zero-order chi connectivity index (χ0) is 19.0. The predicted octanol–water partition coefficient (Wildman–Crippen LogP) is 2.48. The lowest BCUT2D eigenvalue weighted by molar-refractivity contribution is -0.148. The summed E-state index contributed by atoms with van der Waals surface area (Å²) in [7, 11) is 1.56. The van der Waals surface area contributed by atoms with E-state index < -0.39 is 17.4 Å². The molecule has 7 heteroatoms. The maximum atomic E-state index is 13.1. The van der Waals surface area contributed by atoms with Crippen LogP contribution in [0.25, 0.3) is 10.9 Å². The first-order chi connectivity index (χ1) is 13.0. The second kappa shape index (κ2) is 6.81. The summed E-state index contributed by atoms with van der Waals surface area (Å²) in [6, 6.07) is 7.21. The molecule has 0 unspecified atom stereocenters. The van der Waals surface area contributed by atoms with Crippen molar-refractivity contribution in [3.8, 4) is 5.75 Å². The lowest BCUT2D eigenvalue weighted by Gasteiger charge is -2.34. The van der Waals surface area contributed by atoms with Gasteiger partial charge in [0.25, 0.3) is 5.91 Å². The fraction of sp³-hybridized carbons (Fsp3) is 0.450. The fourth-order valence-corrected chi connectivity index (χ4v) is 3.53. The number of hydrogen-bond donors (Lipinski definition) is 2. The fourth-order valence-electron chi connectivity index (χ4n) is 3.53. The van der Waals surface area contributed by atoms with Gasteiger partial charge >= 0.3 is 5.97 Å². The molecule has 1 aromatic heterocycles. The summed E-state index contributed by atoms with van der Waals surface area (Å²) in [5, 5.41) is 13.2. The van der Waals surface area contributed by atoms with Crippen molar-refractivity contribution in [2.24, 2.45) is 0 Å². The lowest BCUT2D eigenvalue weighted by Crippen LogP contribution is -2.57. The first-order valence-corrected chi connectivity index (χ1v) is 9.15. The minimum Gasteiger partial charge on any atom is -0.497 e. The zero-order valence-electron chi connectivity index (χ0n) is 15.2. The van der Waals surface area contributed by atoms with Gasteiger partial charge in [0.15, 0.2) is 0 Å². The van der Waals surface area contributed by atoms with Gasteiger partial charge in [-0.15, -0.1) is 0 Å². The Morgan fingerprint density at radius 1 is 1.26 bits per heavy atom. The highest BCUT2D eigenvalue weighted by Crippen LogP contribution is 2.40. The number of amides is 1. The minimum absolute atomic E-state index is 0.246. The number of aromatic nitrogens is 1. The molecular formula is C20H22N2O5. The first-order valence-electron chi connectivity index (χ1n) is 9.15. The van der Waals surface area contributed by atoms with Gasteiger partial charge in [-0.3, -0.25) is 9.78 Å². The highest BCUT2D eigenvalue weighted by Gasteiger charge is 2.42. The average molecular weight is 370 g/mol. The summed E-state index contributed by atoms with van der Waals surface area (Å²) in [6.07, 6.45) is 2.62. The van der Waals surface area contributed by atoms with Crippen LogP contribution in [0.5, 0.6) is 5.75 Å². The molecule has 0 atom stereocenters. The molecule has 27 heavy (non-hydrogen) atoms. The Labute approximate surface area is 156 Å². The number of carbonyl (C=O) groups excluding carboxylic acids is 1. The molecule has 2 heterocycles. The van der Waals surface area contributed by atoms with E-state index in [1.807, 2.05) is 12.1 Å². The summed E-state index contributed by atoms with van der Waals surface area (Å²) in [4.78, 5) is 29.7. The minimum atomic E-state index is -1.30. The van der Waals surface area contributed by atoms with Crippen LogP contribution in [0.1, 0.15) is 47.7 Å². The molecule has 142 valence electrons. The molecule has 0 radical (unpaired) electrons. The van der Waals surface area contributed by atoms with Crippen molar-refractivity contribution in [2.45, 2.75) is 37.1 Å². The van der Waals surface area contributed by atoms with Crippen molar-refractivity contribution in [3.63, 3.8) is 0 Å². The second-order valence-corrected chi connectivity index (χ2v) is 7.21. The Balaban J connectivity index is 1.76. The number of nitrogens with one attached hydrogen (secondary N) is 1. The number of carboxylic acid groups (broad SMARTS) is 1. The number of benzene rings is 1. The van der Waals surface area contributed by atoms with E-state index in [0.29, 0.717) is 41.3 Å². The Morgan fingerprint density at radius 2 is 2.00 bits per heavy atom. The number of carbonyl (C=O) groups is 2. The van der Waals surface area contributed by atoms with Crippen LogP contribution in [-0.2, 0) is 9.53 Å². The number of hydrogen-bond acceptors (Lipinski definition) is 5. The van der Waals surface area contributed by atoms with Crippen LogP contribution in [0.2, 0.25) is 0 Å². The third kappa shape index (κ3) is 3.35. The number of aliphatic carboxylic acids is 1. The average Bonchev–Trinajstić information content (AvgIpc) is 3.52. The second-order valence-electron chi connectivity index (χ2n) is 7.21. The number of carboxylic acids is 1. The van der Waals surface area contributed by atoms with Crippen molar-refractivity contribution >= 4 is 22.8 Å². The van der Waals surface area contributed by atoms with E-state index in [9.17, 15) is 14.7 Å². The van der Waals surface area contributed by atoms with Crippen LogP contribution >= 0.6 is 0 Å². The molecule has 0 bridgehead atoms. The van der Waals surface area contributed by atoms with Crippen LogP contribution in [0.3, 0.4) is 0 Å². The normalized spacial score (nSPS) is 18.9. The molecule has 1 aromatic carbocycles. The van der Waals surface area contributed by atoms with Crippen molar-refractivity contribution < 1.29 is 24.2 Å². The summed E-state index contributed by atoms with van der Waals surface area (Å²) in [5.74, 6) is -0.435. The van der Waals surface area contributed by atoms with Gasteiger partial charge < -0.3 is 19.9 Å². The topological polar surface area (TPSA) is 97.8 Å². The number of ether oxygens (including phenoxy) is 2. The van der Waals surface area contributed by atoms with Gasteiger partial charge in [-0.1, -0.05) is 0 Å². The molecule has 1 saturated carbocycles. The van der Waals surface area contributed by atoms with Gasteiger partial charge in [0.2, 0.25) is 0 Å². The van der Waals surface area contributed by atoms with E-state index >= 15 is 0 Å². The van der Waals surface area contributed by atoms with Gasteiger partial charge in [0.05, 0.1) is 18.2 Å². The molecule has 0 spiro atoms.